The van der Waals surface area contributed by atoms with Crippen molar-refractivity contribution in [3.63, 3.8) is 0 Å². The number of hydrogen-bond acceptors (Lipinski definition) is 5. The van der Waals surface area contributed by atoms with Crippen LogP contribution in [-0.2, 0) is 17.9 Å². The third kappa shape index (κ3) is 4.29. The number of methoxy groups -OCH3 is 1. The van der Waals surface area contributed by atoms with E-state index in [0.717, 1.165) is 11.1 Å². The van der Waals surface area contributed by atoms with Gasteiger partial charge >= 0.3 is 5.69 Å². The molecule has 4 aromatic rings. The van der Waals surface area contributed by atoms with Gasteiger partial charge in [-0.2, -0.15) is 0 Å². The van der Waals surface area contributed by atoms with Crippen LogP contribution in [0.25, 0.3) is 10.2 Å². The Hall–Kier alpha value is -3.65. The molecule has 158 valence electrons. The topological polar surface area (TPSA) is 82.3 Å². The van der Waals surface area contributed by atoms with Crippen LogP contribution in [0.15, 0.2) is 69.6 Å². The van der Waals surface area contributed by atoms with Crippen molar-refractivity contribution < 1.29 is 9.53 Å². The summed E-state index contributed by atoms with van der Waals surface area (Å²) in [6.45, 7) is 1.85. The number of aromatic nitrogens is 2. The number of anilines is 1. The highest BCUT2D eigenvalue weighted by Gasteiger charge is 2.17. The first kappa shape index (κ1) is 20.6. The molecule has 0 fully saturated rings. The predicted octanol–water partition coefficient (Wildman–Crippen LogP) is 3.23. The van der Waals surface area contributed by atoms with E-state index in [4.69, 9.17) is 4.74 Å². The highest BCUT2D eigenvalue weighted by Crippen LogP contribution is 2.17. The molecule has 0 atom stereocenters. The summed E-state index contributed by atoms with van der Waals surface area (Å²) in [5.74, 6) is 0.352. The van der Waals surface area contributed by atoms with E-state index in [1.807, 2.05) is 25.1 Å². The Morgan fingerprint density at radius 3 is 2.55 bits per heavy atom. The molecule has 1 amide bonds. The molecule has 2 aromatic heterocycles. The SMILES string of the molecule is COc1ccc(Cn2c(=O)c3sccc3n(CC(=O)Nc3cccc(C)c3)c2=O)cc1. The van der Waals surface area contributed by atoms with Gasteiger partial charge in [-0.3, -0.25) is 18.7 Å². The molecule has 2 aromatic carbocycles. The molecule has 0 spiro atoms. The Labute approximate surface area is 182 Å². The number of fused-ring (bicyclic) bond motifs is 1. The lowest BCUT2D eigenvalue weighted by Gasteiger charge is -2.13. The summed E-state index contributed by atoms with van der Waals surface area (Å²) in [5.41, 5.74) is 2.04. The standard InChI is InChI=1S/C23H21N3O4S/c1-15-4-3-5-17(12-15)24-20(27)14-25-19-10-11-31-21(19)22(28)26(23(25)29)13-16-6-8-18(30-2)9-7-16/h3-12H,13-14H2,1-2H3,(H,24,27). The van der Waals surface area contributed by atoms with Crippen molar-refractivity contribution in [3.05, 3.63) is 91.9 Å². The molecule has 2 heterocycles. The Balaban J connectivity index is 1.69. The van der Waals surface area contributed by atoms with Gasteiger partial charge in [-0.15, -0.1) is 11.3 Å². The zero-order chi connectivity index (χ0) is 22.0. The summed E-state index contributed by atoms with van der Waals surface area (Å²) in [6, 6.07) is 16.3. The van der Waals surface area contributed by atoms with Gasteiger partial charge in [0.15, 0.2) is 0 Å². The van der Waals surface area contributed by atoms with E-state index >= 15 is 0 Å². The minimum absolute atomic E-state index is 0.106. The van der Waals surface area contributed by atoms with Gasteiger partial charge in [0.05, 0.1) is 19.2 Å². The second kappa shape index (κ2) is 8.61. The van der Waals surface area contributed by atoms with E-state index in [9.17, 15) is 14.4 Å². The van der Waals surface area contributed by atoms with Crippen molar-refractivity contribution in [2.24, 2.45) is 0 Å². The number of rotatable bonds is 6. The number of nitrogens with zero attached hydrogens (tertiary/aromatic N) is 2. The Bertz CT molecular complexity index is 1370. The average Bonchev–Trinajstić information content (AvgIpc) is 3.25. The molecule has 0 aliphatic heterocycles. The molecule has 31 heavy (non-hydrogen) atoms. The van der Waals surface area contributed by atoms with Crippen LogP contribution in [-0.4, -0.2) is 22.2 Å². The highest BCUT2D eigenvalue weighted by molar-refractivity contribution is 7.17. The van der Waals surface area contributed by atoms with Gasteiger partial charge in [0.25, 0.3) is 5.56 Å². The molecule has 8 heteroatoms. The lowest BCUT2D eigenvalue weighted by atomic mass is 10.2. The number of nitrogens with one attached hydrogen (secondary N) is 1. The van der Waals surface area contributed by atoms with E-state index in [2.05, 4.69) is 5.32 Å². The van der Waals surface area contributed by atoms with Crippen LogP contribution in [0, 0.1) is 6.92 Å². The zero-order valence-corrected chi connectivity index (χ0v) is 17.9. The van der Waals surface area contributed by atoms with Gasteiger partial charge < -0.3 is 10.1 Å². The smallest absolute Gasteiger partial charge is 0.332 e. The number of carbonyl (C=O) groups excluding carboxylic acids is 1. The lowest BCUT2D eigenvalue weighted by molar-refractivity contribution is -0.116. The molecule has 0 unspecified atom stereocenters. The number of amides is 1. The average molecular weight is 436 g/mol. The number of aryl methyl sites for hydroxylation is 1. The van der Waals surface area contributed by atoms with E-state index in [0.29, 0.717) is 21.7 Å². The van der Waals surface area contributed by atoms with Crippen molar-refractivity contribution in [3.8, 4) is 5.75 Å². The first-order valence-corrected chi connectivity index (χ1v) is 10.5. The largest absolute Gasteiger partial charge is 0.497 e. The Morgan fingerprint density at radius 1 is 1.06 bits per heavy atom. The number of thiophene rings is 1. The first-order valence-electron chi connectivity index (χ1n) is 9.66. The van der Waals surface area contributed by atoms with Gasteiger partial charge in [-0.1, -0.05) is 24.3 Å². The summed E-state index contributed by atoms with van der Waals surface area (Å²) in [7, 11) is 1.57. The molecule has 4 rings (SSSR count). The number of benzene rings is 2. The maximum Gasteiger partial charge on any atom is 0.332 e. The van der Waals surface area contributed by atoms with Crippen LogP contribution in [0.2, 0.25) is 0 Å². The van der Waals surface area contributed by atoms with Crippen molar-refractivity contribution in [2.75, 3.05) is 12.4 Å². The van der Waals surface area contributed by atoms with Crippen molar-refractivity contribution in [1.29, 1.82) is 0 Å². The third-order valence-electron chi connectivity index (χ3n) is 4.94. The second-order valence-corrected chi connectivity index (χ2v) is 8.08. The van der Waals surface area contributed by atoms with Crippen LogP contribution in [0.5, 0.6) is 5.75 Å². The van der Waals surface area contributed by atoms with Crippen LogP contribution in [0.3, 0.4) is 0 Å². The van der Waals surface area contributed by atoms with E-state index < -0.39 is 5.69 Å². The molecule has 0 saturated heterocycles. The van der Waals surface area contributed by atoms with Crippen LogP contribution < -0.4 is 21.3 Å². The molecule has 0 saturated carbocycles. The predicted molar refractivity (Wildman–Crippen MR) is 122 cm³/mol. The molecular formula is C23H21N3O4S. The Kier molecular flexibility index (Phi) is 5.73. The quantitative estimate of drug-likeness (QED) is 0.504. The lowest BCUT2D eigenvalue weighted by Crippen LogP contribution is -2.41. The highest BCUT2D eigenvalue weighted by atomic mass is 32.1. The second-order valence-electron chi connectivity index (χ2n) is 7.16. The maximum atomic E-state index is 13.2. The van der Waals surface area contributed by atoms with Crippen LogP contribution >= 0.6 is 11.3 Å². The van der Waals surface area contributed by atoms with Gasteiger partial charge in [0, 0.05) is 5.69 Å². The van der Waals surface area contributed by atoms with E-state index in [1.165, 1.54) is 20.5 Å². The summed E-state index contributed by atoms with van der Waals surface area (Å²) in [4.78, 5) is 38.8. The minimum atomic E-state index is -0.522. The third-order valence-corrected chi connectivity index (χ3v) is 5.83. The fraction of sp³-hybridized carbons (Fsp3) is 0.174. The Morgan fingerprint density at radius 2 is 1.84 bits per heavy atom. The fourth-order valence-corrected chi connectivity index (χ4v) is 4.25. The number of hydrogen-bond donors (Lipinski definition) is 1. The zero-order valence-electron chi connectivity index (χ0n) is 17.1. The minimum Gasteiger partial charge on any atom is -0.497 e. The van der Waals surface area contributed by atoms with E-state index in [1.54, 1.807) is 48.9 Å². The van der Waals surface area contributed by atoms with Crippen molar-refractivity contribution >= 4 is 33.1 Å². The number of ether oxygens (including phenoxy) is 1. The fourth-order valence-electron chi connectivity index (χ4n) is 3.41. The number of carbonyl (C=O) groups is 1. The van der Waals surface area contributed by atoms with Gasteiger partial charge in [-0.05, 0) is 53.8 Å². The summed E-state index contributed by atoms with van der Waals surface area (Å²) < 4.78 is 8.11. The normalized spacial score (nSPS) is 10.9. The van der Waals surface area contributed by atoms with Gasteiger partial charge in [-0.25, -0.2) is 4.79 Å². The summed E-state index contributed by atoms with van der Waals surface area (Å²) in [5, 5.41) is 4.56. The molecule has 0 bridgehead atoms. The monoisotopic (exact) mass is 435 g/mol. The summed E-state index contributed by atoms with van der Waals surface area (Å²) >= 11 is 1.26. The van der Waals surface area contributed by atoms with Crippen molar-refractivity contribution in [2.45, 2.75) is 20.0 Å². The van der Waals surface area contributed by atoms with Crippen LogP contribution in [0.1, 0.15) is 11.1 Å². The van der Waals surface area contributed by atoms with Crippen LogP contribution in [0.4, 0.5) is 5.69 Å². The first-order chi connectivity index (χ1) is 15.0. The molecule has 7 nitrogen and oxygen atoms in total. The van der Waals surface area contributed by atoms with Gasteiger partial charge in [0.2, 0.25) is 5.91 Å². The van der Waals surface area contributed by atoms with Gasteiger partial charge in [0.1, 0.15) is 17.0 Å². The molecule has 1 N–H and O–H groups in total. The van der Waals surface area contributed by atoms with Crippen molar-refractivity contribution in [1.82, 2.24) is 9.13 Å². The van der Waals surface area contributed by atoms with E-state index in [-0.39, 0.29) is 24.6 Å². The molecular weight excluding hydrogens is 414 g/mol. The molecule has 0 aliphatic rings. The maximum absolute atomic E-state index is 13.2. The molecule has 0 radical (unpaired) electrons. The summed E-state index contributed by atoms with van der Waals surface area (Å²) in [6.07, 6.45) is 0. The molecule has 0 aliphatic carbocycles.